The fourth-order valence-electron chi connectivity index (χ4n) is 2.48. The number of carbonyl (C=O) groups excluding carboxylic acids is 1. The zero-order chi connectivity index (χ0) is 12.8. The Morgan fingerprint density at radius 2 is 1.89 bits per heavy atom. The molecule has 1 aliphatic carbocycles. The van der Waals surface area contributed by atoms with Crippen LogP contribution in [-0.2, 0) is 11.2 Å². The Balaban J connectivity index is 1.82. The van der Waals surface area contributed by atoms with Gasteiger partial charge in [0.2, 0.25) is 0 Å². The third-order valence-electron chi connectivity index (χ3n) is 3.49. The molecule has 0 heterocycles. The van der Waals surface area contributed by atoms with E-state index in [1.165, 1.54) is 12.8 Å². The van der Waals surface area contributed by atoms with Crippen LogP contribution in [0.15, 0.2) is 24.3 Å². The average molecular weight is 248 g/mol. The molecule has 1 N–H and O–H groups in total. The number of esters is 1. The highest BCUT2D eigenvalue weighted by Gasteiger charge is 2.19. The largest absolute Gasteiger partial charge is 0.427 e. The van der Waals surface area contributed by atoms with Crippen LogP contribution in [0.1, 0.15) is 37.7 Å². The highest BCUT2D eigenvalue weighted by molar-refractivity contribution is 5.72. The van der Waals surface area contributed by atoms with Gasteiger partial charge in [-0.3, -0.25) is 4.79 Å². The van der Waals surface area contributed by atoms with E-state index in [0.717, 1.165) is 18.4 Å². The van der Waals surface area contributed by atoms with Crippen molar-refractivity contribution in [3.8, 4) is 5.75 Å². The summed E-state index contributed by atoms with van der Waals surface area (Å²) in [4.78, 5) is 11.7. The van der Waals surface area contributed by atoms with Gasteiger partial charge < -0.3 is 9.84 Å². The Morgan fingerprint density at radius 3 is 2.50 bits per heavy atom. The normalized spacial score (nSPS) is 15.8. The molecule has 0 amide bonds. The minimum absolute atomic E-state index is 0.128. The minimum Gasteiger partial charge on any atom is -0.427 e. The molecule has 0 bridgehead atoms. The summed E-state index contributed by atoms with van der Waals surface area (Å²) in [6.45, 7) is 0.140. The second-order valence-electron chi connectivity index (χ2n) is 4.95. The number of aliphatic hydroxyl groups is 1. The number of aliphatic hydroxyl groups excluding tert-OH is 1. The summed E-state index contributed by atoms with van der Waals surface area (Å²) in [6.07, 6.45) is 5.98. The van der Waals surface area contributed by atoms with Crippen LogP contribution in [0.4, 0.5) is 0 Å². The van der Waals surface area contributed by atoms with Crippen molar-refractivity contribution >= 4 is 5.97 Å². The zero-order valence-corrected chi connectivity index (χ0v) is 10.6. The van der Waals surface area contributed by atoms with E-state index in [1.807, 2.05) is 12.1 Å². The Kier molecular flexibility index (Phi) is 4.76. The number of carbonyl (C=O) groups is 1. The number of rotatable bonds is 5. The van der Waals surface area contributed by atoms with Crippen molar-refractivity contribution in [1.82, 2.24) is 0 Å². The van der Waals surface area contributed by atoms with Gasteiger partial charge in [-0.05, 0) is 42.9 Å². The fraction of sp³-hybridized carbons (Fsp3) is 0.533. The summed E-state index contributed by atoms with van der Waals surface area (Å²) in [6, 6.07) is 7.35. The van der Waals surface area contributed by atoms with Crippen molar-refractivity contribution in [3.05, 3.63) is 29.8 Å². The Hall–Kier alpha value is -1.35. The Bertz CT molecular complexity index is 377. The molecule has 1 aromatic carbocycles. The maximum Gasteiger partial charge on any atom is 0.311 e. The number of hydrogen-bond donors (Lipinski definition) is 1. The van der Waals surface area contributed by atoms with Gasteiger partial charge in [0.05, 0.1) is 0 Å². The maximum absolute atomic E-state index is 11.7. The molecule has 18 heavy (non-hydrogen) atoms. The molecule has 0 spiro atoms. The molecular formula is C15H20O3. The van der Waals surface area contributed by atoms with Crippen LogP contribution in [0, 0.1) is 5.92 Å². The highest BCUT2D eigenvalue weighted by Crippen LogP contribution is 2.28. The molecule has 1 aromatic rings. The van der Waals surface area contributed by atoms with Gasteiger partial charge in [-0.1, -0.05) is 25.0 Å². The van der Waals surface area contributed by atoms with E-state index >= 15 is 0 Å². The van der Waals surface area contributed by atoms with Gasteiger partial charge in [0.15, 0.2) is 0 Å². The third kappa shape index (κ3) is 3.84. The molecule has 0 aliphatic heterocycles. The standard InChI is InChI=1S/C15H20O3/c16-10-9-12-5-7-14(8-6-12)18-15(17)11-13-3-1-2-4-13/h5-8,13,16H,1-4,9-11H2. The predicted octanol–water partition coefficient (Wildman–Crippen LogP) is 2.71. The minimum atomic E-state index is -0.128. The summed E-state index contributed by atoms with van der Waals surface area (Å²) in [5.41, 5.74) is 1.05. The van der Waals surface area contributed by atoms with Gasteiger partial charge in [0.25, 0.3) is 0 Å². The van der Waals surface area contributed by atoms with Crippen LogP contribution >= 0.6 is 0 Å². The first-order chi connectivity index (χ1) is 8.78. The third-order valence-corrected chi connectivity index (χ3v) is 3.49. The second kappa shape index (κ2) is 6.55. The maximum atomic E-state index is 11.7. The van der Waals surface area contributed by atoms with Crippen LogP contribution < -0.4 is 4.74 Å². The molecular weight excluding hydrogens is 228 g/mol. The quantitative estimate of drug-likeness (QED) is 0.643. The summed E-state index contributed by atoms with van der Waals surface area (Å²) < 4.78 is 5.31. The molecule has 1 fully saturated rings. The lowest BCUT2D eigenvalue weighted by atomic mass is 10.0. The molecule has 2 rings (SSSR count). The SMILES string of the molecule is O=C(CC1CCCC1)Oc1ccc(CCO)cc1. The van der Waals surface area contributed by atoms with E-state index in [-0.39, 0.29) is 12.6 Å². The van der Waals surface area contributed by atoms with E-state index in [2.05, 4.69) is 0 Å². The van der Waals surface area contributed by atoms with Gasteiger partial charge in [0.1, 0.15) is 5.75 Å². The number of hydrogen-bond acceptors (Lipinski definition) is 3. The van der Waals surface area contributed by atoms with Crippen molar-refractivity contribution in [3.63, 3.8) is 0 Å². The van der Waals surface area contributed by atoms with Gasteiger partial charge in [-0.25, -0.2) is 0 Å². The van der Waals surface area contributed by atoms with Crippen molar-refractivity contribution in [2.75, 3.05) is 6.61 Å². The second-order valence-corrected chi connectivity index (χ2v) is 4.95. The molecule has 3 heteroatoms. The van der Waals surface area contributed by atoms with E-state index in [9.17, 15) is 4.79 Å². The van der Waals surface area contributed by atoms with Crippen LogP contribution in [-0.4, -0.2) is 17.7 Å². The van der Waals surface area contributed by atoms with Crippen molar-refractivity contribution in [2.45, 2.75) is 38.5 Å². The first-order valence-corrected chi connectivity index (χ1v) is 6.68. The molecule has 0 radical (unpaired) electrons. The van der Waals surface area contributed by atoms with Crippen molar-refractivity contribution in [1.29, 1.82) is 0 Å². The summed E-state index contributed by atoms with van der Waals surface area (Å²) in [7, 11) is 0. The Labute approximate surface area is 108 Å². The molecule has 1 aliphatic rings. The van der Waals surface area contributed by atoms with E-state index in [1.54, 1.807) is 12.1 Å². The number of benzene rings is 1. The molecule has 98 valence electrons. The van der Waals surface area contributed by atoms with Crippen LogP contribution in [0.3, 0.4) is 0 Å². The summed E-state index contributed by atoms with van der Waals surface area (Å²) in [5, 5.41) is 8.81. The average Bonchev–Trinajstić information content (AvgIpc) is 2.84. The molecule has 3 nitrogen and oxygen atoms in total. The van der Waals surface area contributed by atoms with Crippen molar-refractivity contribution in [2.24, 2.45) is 5.92 Å². The highest BCUT2D eigenvalue weighted by atomic mass is 16.5. The number of ether oxygens (including phenoxy) is 1. The lowest BCUT2D eigenvalue weighted by Gasteiger charge is -2.09. The van der Waals surface area contributed by atoms with Gasteiger partial charge in [-0.2, -0.15) is 0 Å². The van der Waals surface area contributed by atoms with Crippen LogP contribution in [0.5, 0.6) is 5.75 Å². The molecule has 0 atom stereocenters. The smallest absolute Gasteiger partial charge is 0.311 e. The summed E-state index contributed by atoms with van der Waals surface area (Å²) >= 11 is 0. The lowest BCUT2D eigenvalue weighted by molar-refractivity contribution is -0.135. The van der Waals surface area contributed by atoms with Crippen molar-refractivity contribution < 1.29 is 14.6 Å². The summed E-state index contributed by atoms with van der Waals surface area (Å²) in [5.74, 6) is 0.989. The van der Waals surface area contributed by atoms with Crippen LogP contribution in [0.2, 0.25) is 0 Å². The van der Waals surface area contributed by atoms with E-state index < -0.39 is 0 Å². The fourth-order valence-corrected chi connectivity index (χ4v) is 2.48. The molecule has 0 aromatic heterocycles. The molecule has 0 unspecified atom stereocenters. The topological polar surface area (TPSA) is 46.5 Å². The monoisotopic (exact) mass is 248 g/mol. The first kappa shape index (κ1) is 13.1. The van der Waals surface area contributed by atoms with Gasteiger partial charge in [-0.15, -0.1) is 0 Å². The zero-order valence-electron chi connectivity index (χ0n) is 10.6. The van der Waals surface area contributed by atoms with E-state index in [0.29, 0.717) is 24.5 Å². The van der Waals surface area contributed by atoms with Crippen LogP contribution in [0.25, 0.3) is 0 Å². The van der Waals surface area contributed by atoms with E-state index in [4.69, 9.17) is 9.84 Å². The van der Waals surface area contributed by atoms with Gasteiger partial charge in [0, 0.05) is 13.0 Å². The Morgan fingerprint density at radius 1 is 1.22 bits per heavy atom. The first-order valence-electron chi connectivity index (χ1n) is 6.68. The molecule has 0 saturated heterocycles. The lowest BCUT2D eigenvalue weighted by Crippen LogP contribution is -2.12. The predicted molar refractivity (Wildman–Crippen MR) is 69.4 cm³/mol. The molecule has 1 saturated carbocycles. The van der Waals surface area contributed by atoms with Gasteiger partial charge >= 0.3 is 5.97 Å².